The van der Waals surface area contributed by atoms with E-state index >= 15 is 0 Å². The molecule has 1 atom stereocenters. The zero-order chi connectivity index (χ0) is 50.7. The first-order valence-electron chi connectivity index (χ1n) is 29.6. The average Bonchev–Trinajstić information content (AvgIpc) is 3.36. The first-order chi connectivity index (χ1) is 34.5. The van der Waals surface area contributed by atoms with E-state index in [4.69, 9.17) is 14.2 Å². The van der Waals surface area contributed by atoms with Gasteiger partial charge in [0.25, 0.3) is 0 Å². The molecule has 0 bridgehead atoms. The topological polar surface area (TPSA) is 78.9 Å². The summed E-state index contributed by atoms with van der Waals surface area (Å²) in [6.07, 6.45) is 75.7. The van der Waals surface area contributed by atoms with Gasteiger partial charge in [0, 0.05) is 19.3 Å². The number of unbranched alkanes of at least 4 members (excludes halogenated alkanes) is 28. The van der Waals surface area contributed by atoms with Gasteiger partial charge in [0.1, 0.15) is 13.2 Å². The molecular weight excluding hydrogens is 865 g/mol. The molecular formula is C64H110O6. The number of rotatable bonds is 53. The van der Waals surface area contributed by atoms with Crippen LogP contribution in [-0.2, 0) is 28.6 Å². The van der Waals surface area contributed by atoms with Crippen LogP contribution in [-0.4, -0.2) is 37.2 Å². The minimum atomic E-state index is -0.788. The van der Waals surface area contributed by atoms with Gasteiger partial charge in [-0.05, 0) is 96.3 Å². The second kappa shape index (κ2) is 58.2. The van der Waals surface area contributed by atoms with E-state index in [0.717, 1.165) is 109 Å². The van der Waals surface area contributed by atoms with Gasteiger partial charge in [-0.15, -0.1) is 0 Å². The highest BCUT2D eigenvalue weighted by atomic mass is 16.6. The number of carbonyl (C=O) groups is 3. The highest BCUT2D eigenvalue weighted by molar-refractivity contribution is 5.71. The average molecular weight is 976 g/mol. The summed E-state index contributed by atoms with van der Waals surface area (Å²) in [6, 6.07) is 0. The molecule has 70 heavy (non-hydrogen) atoms. The molecule has 0 saturated carbocycles. The number of ether oxygens (including phenoxy) is 3. The molecule has 0 aliphatic carbocycles. The molecule has 6 heteroatoms. The van der Waals surface area contributed by atoms with Crippen molar-refractivity contribution in [1.82, 2.24) is 0 Å². The lowest BCUT2D eigenvalue weighted by Crippen LogP contribution is -2.30. The van der Waals surface area contributed by atoms with Crippen LogP contribution in [0.15, 0.2) is 85.1 Å². The van der Waals surface area contributed by atoms with Crippen LogP contribution in [0.4, 0.5) is 0 Å². The molecule has 0 aliphatic heterocycles. The summed E-state index contributed by atoms with van der Waals surface area (Å²) < 4.78 is 16.8. The Bertz CT molecular complexity index is 1350. The molecule has 0 fully saturated rings. The second-order valence-corrected chi connectivity index (χ2v) is 19.5. The van der Waals surface area contributed by atoms with Gasteiger partial charge in [-0.1, -0.05) is 254 Å². The van der Waals surface area contributed by atoms with E-state index in [2.05, 4.69) is 106 Å². The summed E-state index contributed by atoms with van der Waals surface area (Å²) in [5.41, 5.74) is 0. The van der Waals surface area contributed by atoms with E-state index in [1.165, 1.54) is 135 Å². The van der Waals surface area contributed by atoms with Gasteiger partial charge < -0.3 is 14.2 Å². The van der Waals surface area contributed by atoms with Crippen molar-refractivity contribution in [1.29, 1.82) is 0 Å². The van der Waals surface area contributed by atoms with Crippen LogP contribution in [0.25, 0.3) is 0 Å². The van der Waals surface area contributed by atoms with E-state index in [1.54, 1.807) is 0 Å². The van der Waals surface area contributed by atoms with E-state index in [9.17, 15) is 14.4 Å². The first-order valence-corrected chi connectivity index (χ1v) is 29.6. The molecule has 0 aromatic heterocycles. The summed E-state index contributed by atoms with van der Waals surface area (Å²) in [6.45, 7) is 6.51. The zero-order valence-corrected chi connectivity index (χ0v) is 46.0. The molecule has 0 amide bonds. The second-order valence-electron chi connectivity index (χ2n) is 19.5. The number of allylic oxidation sites excluding steroid dienone is 14. The summed E-state index contributed by atoms with van der Waals surface area (Å²) in [5, 5.41) is 0. The fraction of sp³-hybridized carbons (Fsp3) is 0.734. The number of hydrogen-bond donors (Lipinski definition) is 0. The summed E-state index contributed by atoms with van der Waals surface area (Å²) >= 11 is 0. The molecule has 402 valence electrons. The number of carbonyl (C=O) groups excluding carboxylic acids is 3. The molecule has 0 rings (SSSR count). The molecule has 0 aliphatic rings. The van der Waals surface area contributed by atoms with Crippen LogP contribution >= 0.6 is 0 Å². The lowest BCUT2D eigenvalue weighted by atomic mass is 10.1. The Balaban J connectivity index is 4.38. The van der Waals surface area contributed by atoms with E-state index in [0.29, 0.717) is 19.3 Å². The largest absolute Gasteiger partial charge is 0.462 e. The smallest absolute Gasteiger partial charge is 0.306 e. The van der Waals surface area contributed by atoms with Gasteiger partial charge in [0.05, 0.1) is 0 Å². The van der Waals surface area contributed by atoms with Crippen LogP contribution in [0.3, 0.4) is 0 Å². The van der Waals surface area contributed by atoms with Crippen molar-refractivity contribution < 1.29 is 28.6 Å². The first kappa shape index (κ1) is 66.6. The third kappa shape index (κ3) is 55.5. The maximum Gasteiger partial charge on any atom is 0.306 e. The predicted molar refractivity (Wildman–Crippen MR) is 302 cm³/mol. The Kier molecular flexibility index (Phi) is 55.3. The molecule has 0 saturated heterocycles. The quantitative estimate of drug-likeness (QED) is 0.0261. The Labute approximate surface area is 433 Å². The monoisotopic (exact) mass is 975 g/mol. The maximum absolute atomic E-state index is 12.9. The Morgan fingerprint density at radius 2 is 0.557 bits per heavy atom. The predicted octanol–water partition coefficient (Wildman–Crippen LogP) is 19.9. The Morgan fingerprint density at radius 3 is 0.886 bits per heavy atom. The highest BCUT2D eigenvalue weighted by Crippen LogP contribution is 2.15. The van der Waals surface area contributed by atoms with Crippen LogP contribution < -0.4 is 0 Å². The minimum Gasteiger partial charge on any atom is -0.462 e. The fourth-order valence-corrected chi connectivity index (χ4v) is 8.21. The fourth-order valence-electron chi connectivity index (χ4n) is 8.21. The van der Waals surface area contributed by atoms with Gasteiger partial charge in [-0.2, -0.15) is 0 Å². The summed E-state index contributed by atoms with van der Waals surface area (Å²) in [7, 11) is 0. The number of hydrogen-bond acceptors (Lipinski definition) is 6. The van der Waals surface area contributed by atoms with E-state index in [1.807, 2.05) is 0 Å². The van der Waals surface area contributed by atoms with Crippen LogP contribution in [0.5, 0.6) is 0 Å². The summed E-state index contributed by atoms with van der Waals surface area (Å²) in [5.74, 6) is -0.908. The van der Waals surface area contributed by atoms with Crippen LogP contribution in [0, 0.1) is 0 Å². The van der Waals surface area contributed by atoms with Crippen molar-refractivity contribution in [2.24, 2.45) is 0 Å². The van der Waals surface area contributed by atoms with Crippen LogP contribution in [0.1, 0.15) is 284 Å². The zero-order valence-electron chi connectivity index (χ0n) is 46.0. The lowest BCUT2D eigenvalue weighted by molar-refractivity contribution is -0.167. The maximum atomic E-state index is 12.9. The molecule has 0 heterocycles. The van der Waals surface area contributed by atoms with Crippen molar-refractivity contribution in [3.05, 3.63) is 85.1 Å². The third-order valence-electron chi connectivity index (χ3n) is 12.6. The SMILES string of the molecule is CC/C=C\C/C=C\C/C=C\C/C=C\C/C=C\C/C=C\CCCCCCC(=O)OCC(COC(=O)CCCCCCCCCCCCC)OC(=O)CCCCCCCCC/C=C\CCCCCCCCC. The van der Waals surface area contributed by atoms with E-state index in [-0.39, 0.29) is 31.1 Å². The van der Waals surface area contributed by atoms with Gasteiger partial charge in [0.2, 0.25) is 0 Å². The van der Waals surface area contributed by atoms with E-state index < -0.39 is 6.10 Å². The lowest BCUT2D eigenvalue weighted by Gasteiger charge is -2.18. The van der Waals surface area contributed by atoms with Gasteiger partial charge in [0.15, 0.2) is 6.10 Å². The van der Waals surface area contributed by atoms with Gasteiger partial charge >= 0.3 is 17.9 Å². The normalized spacial score (nSPS) is 12.7. The van der Waals surface area contributed by atoms with Crippen LogP contribution in [0.2, 0.25) is 0 Å². The highest BCUT2D eigenvalue weighted by Gasteiger charge is 2.19. The molecule has 0 aromatic carbocycles. The molecule has 1 unspecified atom stereocenters. The van der Waals surface area contributed by atoms with Crippen molar-refractivity contribution in [2.75, 3.05) is 13.2 Å². The minimum absolute atomic E-state index is 0.0845. The Morgan fingerprint density at radius 1 is 0.300 bits per heavy atom. The molecule has 0 N–H and O–H groups in total. The van der Waals surface area contributed by atoms with Crippen molar-refractivity contribution in [3.63, 3.8) is 0 Å². The molecule has 0 radical (unpaired) electrons. The standard InChI is InChI=1S/C64H110O6/c1-4-7-10-13-16-19-22-24-26-28-30-31-32-33-34-36-37-39-42-45-48-51-54-57-63(66)69-60-61(59-68-62(65)56-53-50-47-44-41-21-18-15-12-9-6-3)70-64(67)58-55-52-49-46-43-40-38-35-29-27-25-23-20-17-14-11-8-5-2/h7,10,16,19,24,26-27,29-31,33-34,37,39,61H,4-6,8-9,11-15,17-18,20-23,25,28,32,35-36,38,40-60H2,1-3H3/b10-7-,19-16-,26-24-,29-27-,31-30-,34-33-,39-37-. The van der Waals surface area contributed by atoms with Crippen molar-refractivity contribution in [3.8, 4) is 0 Å². The Hall–Kier alpha value is -3.41. The third-order valence-corrected chi connectivity index (χ3v) is 12.6. The number of esters is 3. The summed E-state index contributed by atoms with van der Waals surface area (Å²) in [4.78, 5) is 38.1. The molecule has 0 aromatic rings. The molecule has 0 spiro atoms. The van der Waals surface area contributed by atoms with Crippen molar-refractivity contribution in [2.45, 2.75) is 290 Å². The van der Waals surface area contributed by atoms with Gasteiger partial charge in [-0.3, -0.25) is 14.4 Å². The van der Waals surface area contributed by atoms with Crippen molar-refractivity contribution >= 4 is 17.9 Å². The molecule has 6 nitrogen and oxygen atoms in total. The van der Waals surface area contributed by atoms with Gasteiger partial charge in [-0.25, -0.2) is 0 Å².